The molecule has 0 saturated heterocycles. The summed E-state index contributed by atoms with van der Waals surface area (Å²) >= 11 is 0. The number of hydrogen-bond acceptors (Lipinski definition) is 4. The summed E-state index contributed by atoms with van der Waals surface area (Å²) in [6.45, 7) is 0. The van der Waals surface area contributed by atoms with Crippen LogP contribution in [0.5, 0.6) is 5.75 Å². The number of phenolic OH excluding ortho intramolecular Hbond substituents is 1. The van der Waals surface area contributed by atoms with Crippen LogP contribution in [0.3, 0.4) is 0 Å². The highest BCUT2D eigenvalue weighted by molar-refractivity contribution is 5.98. The number of halogens is 1. The Morgan fingerprint density at radius 3 is 2.25 bits per heavy atom. The fraction of sp³-hybridized carbons (Fsp3) is 0. The molecular weight excluding hydrogens is 361 g/mol. The Labute approximate surface area is 159 Å². The van der Waals surface area contributed by atoms with Crippen molar-refractivity contribution in [2.45, 2.75) is 0 Å². The Bertz CT molecular complexity index is 1170. The molecule has 6 heteroatoms. The third-order valence-corrected chi connectivity index (χ3v) is 4.36. The van der Waals surface area contributed by atoms with Crippen LogP contribution in [-0.2, 0) is 0 Å². The van der Waals surface area contributed by atoms with Crippen molar-refractivity contribution in [3.8, 4) is 39.3 Å². The van der Waals surface area contributed by atoms with Gasteiger partial charge in [-0.1, -0.05) is 59.8 Å². The summed E-state index contributed by atoms with van der Waals surface area (Å²) in [5.41, 5.74) is 2.62. The molecule has 0 aliphatic heterocycles. The van der Waals surface area contributed by atoms with Crippen molar-refractivity contribution in [3.05, 3.63) is 84.3 Å². The molecular formula is C22H14FNO4. The molecule has 0 bridgehead atoms. The van der Waals surface area contributed by atoms with E-state index in [1.54, 1.807) is 42.5 Å². The summed E-state index contributed by atoms with van der Waals surface area (Å²) in [5, 5.41) is 22.7. The second-order valence-corrected chi connectivity index (χ2v) is 6.15. The van der Waals surface area contributed by atoms with Crippen molar-refractivity contribution in [1.82, 2.24) is 5.16 Å². The van der Waals surface area contributed by atoms with E-state index in [0.29, 0.717) is 33.6 Å². The number of rotatable bonds is 4. The molecule has 28 heavy (non-hydrogen) atoms. The van der Waals surface area contributed by atoms with E-state index in [1.807, 2.05) is 18.2 Å². The lowest BCUT2D eigenvalue weighted by atomic mass is 9.95. The minimum absolute atomic E-state index is 0.201. The molecule has 5 nitrogen and oxygen atoms in total. The van der Waals surface area contributed by atoms with Crippen LogP contribution in [0.15, 0.2) is 77.3 Å². The number of aromatic nitrogens is 1. The number of benzene rings is 3. The summed E-state index contributed by atoms with van der Waals surface area (Å²) in [6.07, 6.45) is 0. The van der Waals surface area contributed by atoms with Gasteiger partial charge in [-0.05, 0) is 34.9 Å². The van der Waals surface area contributed by atoms with Gasteiger partial charge in [-0.3, -0.25) is 0 Å². The van der Waals surface area contributed by atoms with Crippen molar-refractivity contribution in [2.75, 3.05) is 0 Å². The van der Waals surface area contributed by atoms with Gasteiger partial charge in [0.25, 0.3) is 0 Å². The molecule has 0 spiro atoms. The van der Waals surface area contributed by atoms with Gasteiger partial charge in [-0.25, -0.2) is 9.18 Å². The summed E-state index contributed by atoms with van der Waals surface area (Å²) in [6, 6.07) is 20.1. The van der Waals surface area contributed by atoms with Crippen LogP contribution < -0.4 is 0 Å². The van der Waals surface area contributed by atoms with Crippen molar-refractivity contribution in [1.29, 1.82) is 0 Å². The Morgan fingerprint density at radius 1 is 0.857 bits per heavy atom. The fourth-order valence-corrected chi connectivity index (χ4v) is 3.03. The second kappa shape index (κ2) is 7.00. The quantitative estimate of drug-likeness (QED) is 0.511. The summed E-state index contributed by atoms with van der Waals surface area (Å²) in [4.78, 5) is 11.7. The smallest absolute Gasteiger partial charge is 0.358 e. The van der Waals surface area contributed by atoms with E-state index in [0.717, 1.165) is 0 Å². The molecule has 0 radical (unpaired) electrons. The first-order valence-electron chi connectivity index (χ1n) is 8.42. The van der Waals surface area contributed by atoms with Gasteiger partial charge < -0.3 is 14.7 Å². The van der Waals surface area contributed by atoms with Crippen LogP contribution in [-0.4, -0.2) is 21.3 Å². The summed E-state index contributed by atoms with van der Waals surface area (Å²) in [7, 11) is 0. The molecule has 0 aliphatic carbocycles. The standard InChI is InChI=1S/C22H14FNO4/c23-17-12-15(9-10-18(17)25)14-7-4-8-16(11-14)19-20(22(26)27)24-28-21(19)13-5-2-1-3-6-13/h1-12,25H,(H,26,27). The molecule has 0 atom stereocenters. The van der Waals surface area contributed by atoms with Crippen LogP contribution in [0, 0.1) is 5.82 Å². The predicted molar refractivity (Wildman–Crippen MR) is 101 cm³/mol. The average molecular weight is 375 g/mol. The Morgan fingerprint density at radius 2 is 1.54 bits per heavy atom. The number of aromatic carboxylic acids is 1. The summed E-state index contributed by atoms with van der Waals surface area (Å²) in [5.74, 6) is -2.03. The van der Waals surface area contributed by atoms with Gasteiger partial charge in [0.15, 0.2) is 23.0 Å². The Kier molecular flexibility index (Phi) is 4.37. The zero-order valence-electron chi connectivity index (χ0n) is 14.5. The van der Waals surface area contributed by atoms with E-state index in [9.17, 15) is 19.4 Å². The lowest BCUT2D eigenvalue weighted by Gasteiger charge is -2.07. The number of carboxylic acids is 1. The van der Waals surface area contributed by atoms with E-state index in [1.165, 1.54) is 12.1 Å². The average Bonchev–Trinajstić information content (AvgIpc) is 3.16. The zero-order valence-corrected chi connectivity index (χ0v) is 14.5. The highest BCUT2D eigenvalue weighted by Crippen LogP contribution is 2.37. The van der Waals surface area contributed by atoms with E-state index in [4.69, 9.17) is 4.52 Å². The topological polar surface area (TPSA) is 83.6 Å². The van der Waals surface area contributed by atoms with Crippen LogP contribution >= 0.6 is 0 Å². The molecule has 0 aliphatic rings. The van der Waals surface area contributed by atoms with Crippen LogP contribution in [0.2, 0.25) is 0 Å². The second-order valence-electron chi connectivity index (χ2n) is 6.15. The van der Waals surface area contributed by atoms with Gasteiger partial charge in [-0.15, -0.1) is 0 Å². The minimum Gasteiger partial charge on any atom is -0.505 e. The first-order valence-corrected chi connectivity index (χ1v) is 8.42. The summed E-state index contributed by atoms with van der Waals surface area (Å²) < 4.78 is 19.1. The maximum absolute atomic E-state index is 13.7. The van der Waals surface area contributed by atoms with Crippen molar-refractivity contribution in [2.24, 2.45) is 0 Å². The maximum Gasteiger partial charge on any atom is 0.358 e. The molecule has 3 aromatic carbocycles. The maximum atomic E-state index is 13.7. The number of carboxylic acid groups (broad SMARTS) is 1. The van der Waals surface area contributed by atoms with E-state index in [-0.39, 0.29) is 5.69 Å². The van der Waals surface area contributed by atoms with Crippen LogP contribution in [0.4, 0.5) is 4.39 Å². The van der Waals surface area contributed by atoms with Gasteiger partial charge >= 0.3 is 5.97 Å². The van der Waals surface area contributed by atoms with E-state index in [2.05, 4.69) is 5.16 Å². The van der Waals surface area contributed by atoms with Gasteiger partial charge in [0.2, 0.25) is 0 Å². The van der Waals surface area contributed by atoms with Gasteiger partial charge in [-0.2, -0.15) is 0 Å². The molecule has 0 saturated carbocycles. The molecule has 4 aromatic rings. The number of carbonyl (C=O) groups is 1. The van der Waals surface area contributed by atoms with Crippen molar-refractivity contribution < 1.29 is 23.9 Å². The van der Waals surface area contributed by atoms with Crippen LogP contribution in [0.25, 0.3) is 33.6 Å². The third kappa shape index (κ3) is 3.12. The first-order chi connectivity index (χ1) is 13.5. The largest absolute Gasteiger partial charge is 0.505 e. The molecule has 2 N–H and O–H groups in total. The molecule has 4 rings (SSSR count). The van der Waals surface area contributed by atoms with Gasteiger partial charge in [0.1, 0.15) is 0 Å². The lowest BCUT2D eigenvalue weighted by molar-refractivity contribution is 0.0686. The fourth-order valence-electron chi connectivity index (χ4n) is 3.03. The molecule has 1 aromatic heterocycles. The highest BCUT2D eigenvalue weighted by Gasteiger charge is 2.24. The number of hydrogen-bond donors (Lipinski definition) is 2. The first kappa shape index (κ1) is 17.5. The molecule has 138 valence electrons. The van der Waals surface area contributed by atoms with E-state index < -0.39 is 17.5 Å². The van der Waals surface area contributed by atoms with Gasteiger partial charge in [0.05, 0.1) is 5.56 Å². The minimum atomic E-state index is -1.21. The SMILES string of the molecule is O=C(O)c1noc(-c2ccccc2)c1-c1cccc(-c2ccc(O)c(F)c2)c1. The van der Waals surface area contributed by atoms with Crippen molar-refractivity contribution >= 4 is 5.97 Å². The predicted octanol–water partition coefficient (Wildman–Crippen LogP) is 5.22. The molecule has 0 unspecified atom stereocenters. The van der Waals surface area contributed by atoms with E-state index >= 15 is 0 Å². The zero-order chi connectivity index (χ0) is 19.7. The molecule has 0 fully saturated rings. The monoisotopic (exact) mass is 375 g/mol. The van der Waals surface area contributed by atoms with Gasteiger partial charge in [0, 0.05) is 5.56 Å². The third-order valence-electron chi connectivity index (χ3n) is 4.36. The number of nitrogens with zero attached hydrogens (tertiary/aromatic N) is 1. The number of phenols is 1. The lowest BCUT2D eigenvalue weighted by Crippen LogP contribution is -1.99. The van der Waals surface area contributed by atoms with Crippen LogP contribution in [0.1, 0.15) is 10.5 Å². The molecule has 1 heterocycles. The Balaban J connectivity index is 1.89. The van der Waals surface area contributed by atoms with Crippen molar-refractivity contribution in [3.63, 3.8) is 0 Å². The number of aromatic hydroxyl groups is 1. The molecule has 0 amide bonds. The Hall–Kier alpha value is -3.93. The highest BCUT2D eigenvalue weighted by atomic mass is 19.1. The normalized spacial score (nSPS) is 10.8.